The smallest absolute Gasteiger partial charge is 0.162 e. The van der Waals surface area contributed by atoms with E-state index >= 15 is 0 Å². The van der Waals surface area contributed by atoms with Crippen LogP contribution < -0.4 is 5.32 Å². The lowest BCUT2D eigenvalue weighted by atomic mass is 10.1. The first-order valence-corrected chi connectivity index (χ1v) is 6.36. The highest BCUT2D eigenvalue weighted by molar-refractivity contribution is 5.82. The molecule has 1 aliphatic heterocycles. The van der Waals surface area contributed by atoms with E-state index in [1.165, 1.54) is 0 Å². The lowest BCUT2D eigenvalue weighted by Crippen LogP contribution is -2.33. The summed E-state index contributed by atoms with van der Waals surface area (Å²) in [7, 11) is 0. The number of hydrogen-bond acceptors (Lipinski definition) is 4. The Balaban J connectivity index is 1.73. The zero-order valence-electron chi connectivity index (χ0n) is 10.4. The number of phenolic OH excluding ortho intramolecular Hbond substituents is 1. The second-order valence-electron chi connectivity index (χ2n) is 4.64. The number of ether oxygens (including phenoxy) is 1. The first-order chi connectivity index (χ1) is 8.74. The predicted octanol–water partition coefficient (Wildman–Crippen LogP) is 1.27. The van der Waals surface area contributed by atoms with Crippen molar-refractivity contribution in [2.24, 2.45) is 0 Å². The fourth-order valence-corrected chi connectivity index (χ4v) is 2.07. The van der Waals surface area contributed by atoms with Crippen molar-refractivity contribution in [1.82, 2.24) is 5.32 Å². The van der Waals surface area contributed by atoms with Gasteiger partial charge >= 0.3 is 0 Å². The van der Waals surface area contributed by atoms with E-state index in [4.69, 9.17) is 9.84 Å². The van der Waals surface area contributed by atoms with Gasteiger partial charge in [0.05, 0.1) is 6.10 Å². The molecule has 0 aliphatic carbocycles. The molecule has 1 aromatic carbocycles. The van der Waals surface area contributed by atoms with E-state index in [9.17, 15) is 4.79 Å². The molecule has 0 unspecified atom stereocenters. The van der Waals surface area contributed by atoms with Crippen LogP contribution in [0.3, 0.4) is 0 Å². The Bertz CT molecular complexity index is 383. The topological polar surface area (TPSA) is 58.6 Å². The van der Waals surface area contributed by atoms with Crippen molar-refractivity contribution in [1.29, 1.82) is 0 Å². The Hall–Kier alpha value is -1.39. The van der Waals surface area contributed by atoms with Crippen molar-refractivity contribution < 1.29 is 14.6 Å². The van der Waals surface area contributed by atoms with E-state index in [-0.39, 0.29) is 24.2 Å². The second-order valence-corrected chi connectivity index (χ2v) is 4.64. The average Bonchev–Trinajstić information content (AvgIpc) is 2.40. The largest absolute Gasteiger partial charge is 0.508 e. The quantitative estimate of drug-likeness (QED) is 0.825. The first-order valence-electron chi connectivity index (χ1n) is 6.36. The molecule has 0 bridgehead atoms. The number of nitrogens with one attached hydrogen (secondary N) is 1. The molecule has 0 spiro atoms. The summed E-state index contributed by atoms with van der Waals surface area (Å²) in [5.74, 6) is 0.302. The molecule has 1 aliphatic rings. The number of carbonyl (C=O) groups excluding carboxylic acids is 1. The number of carbonyl (C=O) groups is 1. The summed E-state index contributed by atoms with van der Waals surface area (Å²) < 4.78 is 5.60. The number of rotatable bonds is 5. The number of hydrogen-bond donors (Lipinski definition) is 2. The molecular formula is C14H19NO3. The molecule has 1 aromatic rings. The summed E-state index contributed by atoms with van der Waals surface area (Å²) in [5, 5.41) is 12.4. The van der Waals surface area contributed by atoms with E-state index in [2.05, 4.69) is 5.32 Å². The van der Waals surface area contributed by atoms with Crippen LogP contribution in [0.4, 0.5) is 0 Å². The highest BCUT2D eigenvalue weighted by Crippen LogP contribution is 2.11. The van der Waals surface area contributed by atoms with Gasteiger partial charge < -0.3 is 15.2 Å². The van der Waals surface area contributed by atoms with Crippen LogP contribution >= 0.6 is 0 Å². The van der Waals surface area contributed by atoms with Gasteiger partial charge in [-0.1, -0.05) is 12.1 Å². The third kappa shape index (κ3) is 4.13. The molecule has 1 heterocycles. The molecule has 18 heavy (non-hydrogen) atoms. The van der Waals surface area contributed by atoms with Crippen molar-refractivity contribution in [2.45, 2.75) is 25.4 Å². The Morgan fingerprint density at radius 2 is 1.94 bits per heavy atom. The van der Waals surface area contributed by atoms with E-state index < -0.39 is 0 Å². The Morgan fingerprint density at radius 1 is 1.28 bits per heavy atom. The Labute approximate surface area is 107 Å². The SMILES string of the molecule is O=C(COC1CCNCC1)Cc1ccc(O)cc1. The summed E-state index contributed by atoms with van der Waals surface area (Å²) in [5.41, 5.74) is 0.909. The van der Waals surface area contributed by atoms with Crippen LogP contribution in [0.25, 0.3) is 0 Å². The standard InChI is InChI=1S/C14H19NO3/c16-12-3-1-11(2-4-12)9-13(17)10-18-14-5-7-15-8-6-14/h1-4,14-16H,5-10H2. The number of benzene rings is 1. The van der Waals surface area contributed by atoms with Crippen LogP contribution in [0.5, 0.6) is 5.75 Å². The third-order valence-corrected chi connectivity index (χ3v) is 3.10. The molecule has 0 aromatic heterocycles. The van der Waals surface area contributed by atoms with Crippen LogP contribution in [0, 0.1) is 0 Å². The molecule has 2 rings (SSSR count). The maximum atomic E-state index is 11.7. The second kappa shape index (κ2) is 6.52. The molecule has 4 nitrogen and oxygen atoms in total. The average molecular weight is 249 g/mol. The zero-order valence-corrected chi connectivity index (χ0v) is 10.4. The molecule has 0 atom stereocenters. The van der Waals surface area contributed by atoms with Gasteiger partial charge in [-0.05, 0) is 43.6 Å². The van der Waals surface area contributed by atoms with Crippen LogP contribution in [0.1, 0.15) is 18.4 Å². The van der Waals surface area contributed by atoms with Gasteiger partial charge in [-0.2, -0.15) is 0 Å². The highest BCUT2D eigenvalue weighted by Gasteiger charge is 2.14. The van der Waals surface area contributed by atoms with Gasteiger partial charge in [0.15, 0.2) is 5.78 Å². The molecule has 1 fully saturated rings. The highest BCUT2D eigenvalue weighted by atomic mass is 16.5. The summed E-state index contributed by atoms with van der Waals surface area (Å²) >= 11 is 0. The number of Topliss-reactive ketones (excluding diaryl/α,β-unsaturated/α-hetero) is 1. The van der Waals surface area contributed by atoms with Crippen LogP contribution in [-0.2, 0) is 16.0 Å². The summed E-state index contributed by atoms with van der Waals surface area (Å²) in [4.78, 5) is 11.7. The van der Waals surface area contributed by atoms with E-state index in [1.807, 2.05) is 0 Å². The van der Waals surface area contributed by atoms with Crippen molar-refractivity contribution >= 4 is 5.78 Å². The van der Waals surface area contributed by atoms with Gasteiger partial charge in [-0.3, -0.25) is 4.79 Å². The van der Waals surface area contributed by atoms with Gasteiger partial charge in [-0.15, -0.1) is 0 Å². The van der Waals surface area contributed by atoms with Crippen LogP contribution in [0.15, 0.2) is 24.3 Å². The molecular weight excluding hydrogens is 230 g/mol. The number of ketones is 1. The van der Waals surface area contributed by atoms with E-state index in [1.54, 1.807) is 24.3 Å². The van der Waals surface area contributed by atoms with E-state index in [0.29, 0.717) is 6.42 Å². The number of phenols is 1. The minimum absolute atomic E-state index is 0.0826. The fourth-order valence-electron chi connectivity index (χ4n) is 2.07. The predicted molar refractivity (Wildman–Crippen MR) is 68.7 cm³/mol. The Kier molecular flexibility index (Phi) is 4.73. The maximum Gasteiger partial charge on any atom is 0.162 e. The van der Waals surface area contributed by atoms with Gasteiger partial charge in [0.2, 0.25) is 0 Å². The normalized spacial score (nSPS) is 16.7. The van der Waals surface area contributed by atoms with Crippen molar-refractivity contribution in [3.05, 3.63) is 29.8 Å². The molecule has 2 N–H and O–H groups in total. The monoisotopic (exact) mass is 249 g/mol. The first kappa shape index (κ1) is 13.1. The van der Waals surface area contributed by atoms with Gasteiger partial charge in [-0.25, -0.2) is 0 Å². The molecule has 98 valence electrons. The maximum absolute atomic E-state index is 11.7. The lowest BCUT2D eigenvalue weighted by molar-refractivity contribution is -0.125. The summed E-state index contributed by atoms with van der Waals surface area (Å²) in [6.07, 6.45) is 2.54. The molecule has 4 heteroatoms. The lowest BCUT2D eigenvalue weighted by Gasteiger charge is -2.22. The minimum Gasteiger partial charge on any atom is -0.508 e. The van der Waals surface area contributed by atoms with Crippen molar-refractivity contribution in [3.8, 4) is 5.75 Å². The number of aromatic hydroxyl groups is 1. The summed E-state index contributed by atoms with van der Waals surface area (Å²) in [6, 6.07) is 6.71. The number of piperidine rings is 1. The van der Waals surface area contributed by atoms with E-state index in [0.717, 1.165) is 31.5 Å². The fraction of sp³-hybridized carbons (Fsp3) is 0.500. The third-order valence-electron chi connectivity index (χ3n) is 3.10. The molecule has 0 amide bonds. The minimum atomic E-state index is 0.0826. The molecule has 0 saturated carbocycles. The molecule has 0 radical (unpaired) electrons. The zero-order chi connectivity index (χ0) is 12.8. The van der Waals surface area contributed by atoms with Gasteiger partial charge in [0, 0.05) is 6.42 Å². The van der Waals surface area contributed by atoms with Crippen LogP contribution in [-0.4, -0.2) is 36.7 Å². The summed E-state index contributed by atoms with van der Waals surface area (Å²) in [6.45, 7) is 2.12. The van der Waals surface area contributed by atoms with Crippen molar-refractivity contribution in [3.63, 3.8) is 0 Å². The Morgan fingerprint density at radius 3 is 2.61 bits per heavy atom. The van der Waals surface area contributed by atoms with Gasteiger partial charge in [0.1, 0.15) is 12.4 Å². The molecule has 1 saturated heterocycles. The van der Waals surface area contributed by atoms with Gasteiger partial charge in [0.25, 0.3) is 0 Å². The van der Waals surface area contributed by atoms with Crippen LogP contribution in [0.2, 0.25) is 0 Å². The van der Waals surface area contributed by atoms with Crippen molar-refractivity contribution in [2.75, 3.05) is 19.7 Å².